The Bertz CT molecular complexity index is 419. The second-order valence-corrected chi connectivity index (χ2v) is 5.98. The van der Waals surface area contributed by atoms with Gasteiger partial charge in [-0.2, -0.15) is 0 Å². The monoisotopic (exact) mass is 277 g/mol. The number of hydrogen-bond acceptors (Lipinski definition) is 3. The maximum Gasteiger partial charge on any atom is 0.0796 e. The highest BCUT2D eigenvalue weighted by molar-refractivity contribution is 8.24. The molecule has 96 valence electrons. The van der Waals surface area contributed by atoms with E-state index in [2.05, 4.69) is 41.6 Å². The zero-order valence-corrected chi connectivity index (χ0v) is 12.4. The van der Waals surface area contributed by atoms with Gasteiger partial charge in [0.1, 0.15) is 0 Å². The first kappa shape index (κ1) is 13.6. The molecule has 1 aromatic carbocycles. The molecule has 1 aliphatic heterocycles. The number of hydrogen-bond donors (Lipinski definition) is 0. The molecular formula is C15H19NS2. The van der Waals surface area contributed by atoms with Gasteiger partial charge in [-0.3, -0.25) is 0 Å². The second-order valence-electron chi connectivity index (χ2n) is 4.50. The van der Waals surface area contributed by atoms with E-state index in [1.165, 1.54) is 30.4 Å². The minimum atomic E-state index is 0.978. The Morgan fingerprint density at radius 2 is 1.83 bits per heavy atom. The Balaban J connectivity index is 2.24. The molecular weight excluding hydrogens is 258 g/mol. The second kappa shape index (κ2) is 6.95. The van der Waals surface area contributed by atoms with Crippen molar-refractivity contribution in [1.29, 1.82) is 0 Å². The highest BCUT2D eigenvalue weighted by Gasteiger charge is 2.11. The predicted octanol–water partition coefficient (Wildman–Crippen LogP) is 4.20. The zero-order valence-electron chi connectivity index (χ0n) is 10.8. The highest BCUT2D eigenvalue weighted by atomic mass is 32.2. The van der Waals surface area contributed by atoms with Gasteiger partial charge in [0.05, 0.1) is 4.20 Å². The fourth-order valence-electron chi connectivity index (χ4n) is 2.20. The Kier molecular flexibility index (Phi) is 5.26. The first-order valence-electron chi connectivity index (χ1n) is 6.41. The summed E-state index contributed by atoms with van der Waals surface area (Å²) in [5, 5.41) is 0. The van der Waals surface area contributed by atoms with Crippen LogP contribution in [0.15, 0.2) is 36.5 Å². The molecule has 0 aliphatic carbocycles. The molecule has 0 atom stereocenters. The van der Waals surface area contributed by atoms with Gasteiger partial charge in [0, 0.05) is 24.9 Å². The van der Waals surface area contributed by atoms with E-state index in [0.717, 1.165) is 17.3 Å². The van der Waals surface area contributed by atoms with Crippen molar-refractivity contribution in [1.82, 2.24) is 4.90 Å². The lowest BCUT2D eigenvalue weighted by molar-refractivity contribution is 0.311. The van der Waals surface area contributed by atoms with Crippen LogP contribution >= 0.6 is 24.0 Å². The third-order valence-electron chi connectivity index (χ3n) is 3.19. The Labute approximate surface area is 119 Å². The SMILES string of the molecule is CSC(=S)/C(=C/N1CCCCC1)c1ccccc1. The van der Waals surface area contributed by atoms with E-state index in [4.69, 9.17) is 12.2 Å². The summed E-state index contributed by atoms with van der Waals surface area (Å²) in [6, 6.07) is 10.5. The van der Waals surface area contributed by atoms with Crippen LogP contribution in [0.1, 0.15) is 24.8 Å². The van der Waals surface area contributed by atoms with Crippen LogP contribution in [0.4, 0.5) is 0 Å². The third kappa shape index (κ3) is 3.59. The third-order valence-corrected chi connectivity index (χ3v) is 4.50. The van der Waals surface area contributed by atoms with Crippen LogP contribution in [0.5, 0.6) is 0 Å². The molecule has 0 aromatic heterocycles. The maximum absolute atomic E-state index is 5.50. The summed E-state index contributed by atoms with van der Waals surface area (Å²) in [4.78, 5) is 2.41. The van der Waals surface area contributed by atoms with Gasteiger partial charge in [0.25, 0.3) is 0 Å². The van der Waals surface area contributed by atoms with Gasteiger partial charge in [0.15, 0.2) is 0 Å². The summed E-state index contributed by atoms with van der Waals surface area (Å²) < 4.78 is 0.978. The van der Waals surface area contributed by atoms with Gasteiger partial charge in [-0.1, -0.05) is 42.5 Å². The lowest BCUT2D eigenvalue weighted by Gasteiger charge is -2.26. The standard InChI is InChI=1S/C15H19NS2/c1-18-15(17)14(13-8-4-2-5-9-13)12-16-10-6-3-7-11-16/h2,4-5,8-9,12H,3,6-7,10-11H2,1H3/b14-12+. The molecule has 1 heterocycles. The summed E-state index contributed by atoms with van der Waals surface area (Å²) in [5.74, 6) is 0. The molecule has 0 N–H and O–H groups in total. The lowest BCUT2D eigenvalue weighted by atomic mass is 10.1. The van der Waals surface area contributed by atoms with Crippen LogP contribution < -0.4 is 0 Å². The fraction of sp³-hybridized carbons (Fsp3) is 0.400. The van der Waals surface area contributed by atoms with Crippen LogP contribution in [-0.2, 0) is 0 Å². The van der Waals surface area contributed by atoms with Gasteiger partial charge >= 0.3 is 0 Å². The molecule has 0 unspecified atom stereocenters. The predicted molar refractivity (Wildman–Crippen MR) is 86.0 cm³/mol. The van der Waals surface area contributed by atoms with Crippen molar-refractivity contribution < 1.29 is 0 Å². The molecule has 0 spiro atoms. The van der Waals surface area contributed by atoms with E-state index in [9.17, 15) is 0 Å². The maximum atomic E-state index is 5.50. The summed E-state index contributed by atoms with van der Waals surface area (Å²) in [7, 11) is 0. The van der Waals surface area contributed by atoms with E-state index in [0.29, 0.717) is 0 Å². The average molecular weight is 277 g/mol. The molecule has 1 aliphatic rings. The summed E-state index contributed by atoms with van der Waals surface area (Å²) in [6.45, 7) is 2.32. The van der Waals surface area contributed by atoms with Crippen molar-refractivity contribution in [2.24, 2.45) is 0 Å². The van der Waals surface area contributed by atoms with Gasteiger partial charge < -0.3 is 4.90 Å². The number of rotatable bonds is 3. The minimum Gasteiger partial charge on any atom is -0.377 e. The van der Waals surface area contributed by atoms with E-state index >= 15 is 0 Å². The zero-order chi connectivity index (χ0) is 12.8. The summed E-state index contributed by atoms with van der Waals surface area (Å²) in [5.41, 5.74) is 2.42. The van der Waals surface area contributed by atoms with Gasteiger partial charge in [-0.15, -0.1) is 11.8 Å². The molecule has 2 rings (SSSR count). The van der Waals surface area contributed by atoms with Crippen molar-refractivity contribution in [2.75, 3.05) is 19.3 Å². The number of benzene rings is 1. The van der Waals surface area contributed by atoms with E-state index in [1.807, 2.05) is 6.07 Å². The first-order valence-corrected chi connectivity index (χ1v) is 8.04. The van der Waals surface area contributed by atoms with Crippen LogP contribution in [0, 0.1) is 0 Å². The largest absolute Gasteiger partial charge is 0.377 e. The highest BCUT2D eigenvalue weighted by Crippen LogP contribution is 2.23. The minimum absolute atomic E-state index is 0.978. The van der Waals surface area contributed by atoms with Crippen LogP contribution in [0.25, 0.3) is 5.57 Å². The summed E-state index contributed by atoms with van der Waals surface area (Å²) in [6.07, 6.45) is 8.26. The fourth-order valence-corrected chi connectivity index (χ4v) is 2.76. The average Bonchev–Trinajstić information content (AvgIpc) is 2.46. The van der Waals surface area contributed by atoms with Crippen LogP contribution in [-0.4, -0.2) is 28.4 Å². The number of piperidine rings is 1. The topological polar surface area (TPSA) is 3.24 Å². The molecule has 3 heteroatoms. The smallest absolute Gasteiger partial charge is 0.0796 e. The number of likely N-dealkylation sites (tertiary alicyclic amines) is 1. The van der Waals surface area contributed by atoms with Crippen LogP contribution in [0.3, 0.4) is 0 Å². The van der Waals surface area contributed by atoms with Crippen molar-refractivity contribution >= 4 is 33.7 Å². The molecule has 1 aromatic rings. The molecule has 1 saturated heterocycles. The quantitative estimate of drug-likeness (QED) is 0.602. The molecule has 0 saturated carbocycles. The van der Waals surface area contributed by atoms with E-state index in [-0.39, 0.29) is 0 Å². The lowest BCUT2D eigenvalue weighted by Crippen LogP contribution is -2.25. The molecule has 18 heavy (non-hydrogen) atoms. The Morgan fingerprint density at radius 1 is 1.17 bits per heavy atom. The van der Waals surface area contributed by atoms with E-state index in [1.54, 1.807) is 11.8 Å². The number of nitrogens with zero attached hydrogens (tertiary/aromatic N) is 1. The molecule has 1 nitrogen and oxygen atoms in total. The number of thiocarbonyl (C=S) groups is 1. The Morgan fingerprint density at radius 3 is 2.44 bits per heavy atom. The Hall–Kier alpha value is -0.800. The van der Waals surface area contributed by atoms with Gasteiger partial charge in [0.2, 0.25) is 0 Å². The van der Waals surface area contributed by atoms with Crippen molar-refractivity contribution in [2.45, 2.75) is 19.3 Å². The molecule has 1 fully saturated rings. The van der Waals surface area contributed by atoms with Crippen LogP contribution in [0.2, 0.25) is 0 Å². The van der Waals surface area contributed by atoms with E-state index < -0.39 is 0 Å². The normalized spacial score (nSPS) is 16.7. The molecule has 0 amide bonds. The summed E-state index contributed by atoms with van der Waals surface area (Å²) >= 11 is 7.15. The number of thioether (sulfide) groups is 1. The van der Waals surface area contributed by atoms with Gasteiger partial charge in [-0.05, 0) is 31.1 Å². The van der Waals surface area contributed by atoms with Crippen molar-refractivity contribution in [3.8, 4) is 0 Å². The molecule has 0 bridgehead atoms. The van der Waals surface area contributed by atoms with Crippen molar-refractivity contribution in [3.63, 3.8) is 0 Å². The van der Waals surface area contributed by atoms with Gasteiger partial charge in [-0.25, -0.2) is 0 Å². The van der Waals surface area contributed by atoms with Crippen molar-refractivity contribution in [3.05, 3.63) is 42.1 Å². The first-order chi connectivity index (χ1) is 8.81. The molecule has 0 radical (unpaired) electrons.